The summed E-state index contributed by atoms with van der Waals surface area (Å²) in [7, 11) is 1.77. The molecule has 1 rings (SSSR count). The molecule has 1 N–H and O–H groups in total. The summed E-state index contributed by atoms with van der Waals surface area (Å²) in [6.45, 7) is 8.99. The Labute approximate surface area is 123 Å². The zero-order chi connectivity index (χ0) is 14.8. The molecule has 0 heterocycles. The lowest BCUT2D eigenvalue weighted by atomic mass is 9.96. The molecule has 0 amide bonds. The summed E-state index contributed by atoms with van der Waals surface area (Å²) < 4.78 is 10.7. The maximum Gasteiger partial charge on any atom is 0.119 e. The second kappa shape index (κ2) is 9.78. The summed E-state index contributed by atoms with van der Waals surface area (Å²) in [5, 5.41) is 3.63. The smallest absolute Gasteiger partial charge is 0.119 e. The summed E-state index contributed by atoms with van der Waals surface area (Å²) >= 11 is 0. The summed E-state index contributed by atoms with van der Waals surface area (Å²) in [5.41, 5.74) is 1.32. The van der Waals surface area contributed by atoms with Crippen molar-refractivity contribution in [1.82, 2.24) is 5.32 Å². The first-order valence-electron chi connectivity index (χ1n) is 7.66. The van der Waals surface area contributed by atoms with Crippen molar-refractivity contribution in [2.24, 2.45) is 5.92 Å². The normalized spacial score (nSPS) is 14.0. The van der Waals surface area contributed by atoms with Crippen molar-refractivity contribution in [2.75, 3.05) is 26.9 Å². The fraction of sp³-hybridized carbons (Fsp3) is 0.647. The van der Waals surface area contributed by atoms with Gasteiger partial charge in [0.1, 0.15) is 5.75 Å². The molecule has 0 aliphatic carbocycles. The van der Waals surface area contributed by atoms with E-state index < -0.39 is 0 Å². The first kappa shape index (κ1) is 17.0. The molecule has 0 aliphatic rings. The summed E-state index contributed by atoms with van der Waals surface area (Å²) in [5.74, 6) is 1.48. The SMILES string of the molecule is CCCNC(CC(C)COC)c1ccc(OCC)cc1. The molecule has 1 aromatic rings. The fourth-order valence-corrected chi connectivity index (χ4v) is 2.37. The molecule has 0 saturated heterocycles. The molecule has 0 aliphatic heterocycles. The van der Waals surface area contributed by atoms with Crippen molar-refractivity contribution in [2.45, 2.75) is 39.7 Å². The molecule has 3 heteroatoms. The maximum atomic E-state index is 5.50. The van der Waals surface area contributed by atoms with Crippen molar-refractivity contribution in [3.63, 3.8) is 0 Å². The van der Waals surface area contributed by atoms with E-state index in [2.05, 4.69) is 43.4 Å². The van der Waals surface area contributed by atoms with Crippen LogP contribution in [-0.4, -0.2) is 26.9 Å². The van der Waals surface area contributed by atoms with E-state index in [1.54, 1.807) is 7.11 Å². The fourth-order valence-electron chi connectivity index (χ4n) is 2.37. The first-order chi connectivity index (χ1) is 9.71. The van der Waals surface area contributed by atoms with Gasteiger partial charge in [-0.3, -0.25) is 0 Å². The van der Waals surface area contributed by atoms with Gasteiger partial charge in [-0.1, -0.05) is 26.0 Å². The van der Waals surface area contributed by atoms with Crippen LogP contribution >= 0.6 is 0 Å². The Hall–Kier alpha value is -1.06. The van der Waals surface area contributed by atoms with Gasteiger partial charge in [-0.15, -0.1) is 0 Å². The van der Waals surface area contributed by atoms with E-state index in [4.69, 9.17) is 9.47 Å². The van der Waals surface area contributed by atoms with Gasteiger partial charge in [0, 0.05) is 19.8 Å². The maximum absolute atomic E-state index is 5.50. The Morgan fingerprint density at radius 1 is 1.15 bits per heavy atom. The average molecular weight is 279 g/mol. The largest absolute Gasteiger partial charge is 0.494 e. The third kappa shape index (κ3) is 5.93. The van der Waals surface area contributed by atoms with Crippen LogP contribution in [0.2, 0.25) is 0 Å². The van der Waals surface area contributed by atoms with Crippen molar-refractivity contribution in [1.29, 1.82) is 0 Å². The van der Waals surface area contributed by atoms with Crippen LogP contribution < -0.4 is 10.1 Å². The molecule has 0 fully saturated rings. The van der Waals surface area contributed by atoms with E-state index in [0.29, 0.717) is 18.6 Å². The molecule has 0 saturated carbocycles. The Morgan fingerprint density at radius 3 is 2.40 bits per heavy atom. The number of methoxy groups -OCH3 is 1. The second-order valence-electron chi connectivity index (χ2n) is 5.30. The lowest BCUT2D eigenvalue weighted by Crippen LogP contribution is -2.25. The van der Waals surface area contributed by atoms with Gasteiger partial charge in [0.05, 0.1) is 6.61 Å². The van der Waals surface area contributed by atoms with Gasteiger partial charge in [-0.25, -0.2) is 0 Å². The monoisotopic (exact) mass is 279 g/mol. The topological polar surface area (TPSA) is 30.5 Å². The third-order valence-electron chi connectivity index (χ3n) is 3.32. The molecule has 1 aromatic carbocycles. The predicted octanol–water partition coefficient (Wildman–Crippen LogP) is 3.80. The lowest BCUT2D eigenvalue weighted by Gasteiger charge is -2.22. The molecule has 0 bridgehead atoms. The van der Waals surface area contributed by atoms with Gasteiger partial charge in [-0.2, -0.15) is 0 Å². The Morgan fingerprint density at radius 2 is 1.85 bits per heavy atom. The first-order valence-corrected chi connectivity index (χ1v) is 7.66. The van der Waals surface area contributed by atoms with Gasteiger partial charge in [0.2, 0.25) is 0 Å². The quantitative estimate of drug-likeness (QED) is 0.706. The minimum atomic E-state index is 0.385. The van der Waals surface area contributed by atoms with Crippen molar-refractivity contribution in [3.05, 3.63) is 29.8 Å². The van der Waals surface area contributed by atoms with Crippen LogP contribution in [0.1, 0.15) is 45.2 Å². The minimum absolute atomic E-state index is 0.385. The third-order valence-corrected chi connectivity index (χ3v) is 3.32. The van der Waals surface area contributed by atoms with Crippen LogP contribution in [0.3, 0.4) is 0 Å². The highest BCUT2D eigenvalue weighted by Crippen LogP contribution is 2.24. The van der Waals surface area contributed by atoms with Gasteiger partial charge in [0.25, 0.3) is 0 Å². The van der Waals surface area contributed by atoms with E-state index in [1.165, 1.54) is 5.56 Å². The molecule has 2 unspecified atom stereocenters. The Kier molecular flexibility index (Phi) is 8.31. The highest BCUT2D eigenvalue weighted by Gasteiger charge is 2.14. The van der Waals surface area contributed by atoms with E-state index >= 15 is 0 Å². The van der Waals surface area contributed by atoms with E-state index in [9.17, 15) is 0 Å². The Balaban J connectivity index is 2.70. The second-order valence-corrected chi connectivity index (χ2v) is 5.30. The van der Waals surface area contributed by atoms with Crippen LogP contribution in [0.4, 0.5) is 0 Å². The summed E-state index contributed by atoms with van der Waals surface area (Å²) in [6, 6.07) is 8.83. The molecule has 2 atom stereocenters. The van der Waals surface area contributed by atoms with E-state index in [0.717, 1.165) is 31.7 Å². The molecule has 0 spiro atoms. The zero-order valence-electron chi connectivity index (χ0n) is 13.3. The molecule has 114 valence electrons. The van der Waals surface area contributed by atoms with Gasteiger partial charge in [-0.05, 0) is 49.9 Å². The number of rotatable bonds is 10. The Bertz CT molecular complexity index is 351. The average Bonchev–Trinajstić information content (AvgIpc) is 2.45. The number of ether oxygens (including phenoxy) is 2. The lowest BCUT2D eigenvalue weighted by molar-refractivity contribution is 0.149. The van der Waals surface area contributed by atoms with Crippen molar-refractivity contribution in [3.8, 4) is 5.75 Å². The van der Waals surface area contributed by atoms with Crippen LogP contribution in [0.15, 0.2) is 24.3 Å². The molecule has 20 heavy (non-hydrogen) atoms. The highest BCUT2D eigenvalue weighted by atomic mass is 16.5. The van der Waals surface area contributed by atoms with Crippen LogP contribution in [0.25, 0.3) is 0 Å². The van der Waals surface area contributed by atoms with Crippen molar-refractivity contribution >= 4 is 0 Å². The van der Waals surface area contributed by atoms with Crippen LogP contribution in [0.5, 0.6) is 5.75 Å². The van der Waals surface area contributed by atoms with Gasteiger partial charge in [0.15, 0.2) is 0 Å². The standard InChI is InChI=1S/C17H29NO2/c1-5-11-18-17(12-14(3)13-19-4)15-7-9-16(10-8-15)20-6-2/h7-10,14,17-18H,5-6,11-13H2,1-4H3. The van der Waals surface area contributed by atoms with E-state index in [-0.39, 0.29) is 0 Å². The molecular formula is C17H29NO2. The zero-order valence-corrected chi connectivity index (χ0v) is 13.3. The molecule has 3 nitrogen and oxygen atoms in total. The number of hydrogen-bond acceptors (Lipinski definition) is 3. The molecular weight excluding hydrogens is 250 g/mol. The van der Waals surface area contributed by atoms with Crippen molar-refractivity contribution < 1.29 is 9.47 Å². The molecule has 0 aromatic heterocycles. The van der Waals surface area contributed by atoms with Gasteiger partial charge >= 0.3 is 0 Å². The summed E-state index contributed by atoms with van der Waals surface area (Å²) in [6.07, 6.45) is 2.23. The molecule has 0 radical (unpaired) electrons. The highest BCUT2D eigenvalue weighted by molar-refractivity contribution is 5.29. The van der Waals surface area contributed by atoms with Crippen LogP contribution in [-0.2, 0) is 4.74 Å². The number of benzene rings is 1. The van der Waals surface area contributed by atoms with Gasteiger partial charge < -0.3 is 14.8 Å². The number of hydrogen-bond donors (Lipinski definition) is 1. The minimum Gasteiger partial charge on any atom is -0.494 e. The predicted molar refractivity (Wildman–Crippen MR) is 84.3 cm³/mol. The summed E-state index contributed by atoms with van der Waals surface area (Å²) in [4.78, 5) is 0. The van der Waals surface area contributed by atoms with E-state index in [1.807, 2.05) is 6.92 Å². The number of nitrogens with one attached hydrogen (secondary N) is 1. The van der Waals surface area contributed by atoms with Crippen LogP contribution in [0, 0.1) is 5.92 Å².